The zero-order chi connectivity index (χ0) is 19.5. The molecule has 6 heteroatoms. The van der Waals surface area contributed by atoms with Crippen molar-refractivity contribution in [3.05, 3.63) is 52.5 Å². The van der Waals surface area contributed by atoms with Gasteiger partial charge in [0.15, 0.2) is 0 Å². The number of fused-ring (bicyclic) bond motifs is 1. The Hall–Kier alpha value is -2.31. The van der Waals surface area contributed by atoms with Crippen molar-refractivity contribution in [2.75, 3.05) is 26.8 Å². The summed E-state index contributed by atoms with van der Waals surface area (Å²) < 4.78 is 16.8. The van der Waals surface area contributed by atoms with E-state index in [1.807, 2.05) is 19.1 Å². The monoisotopic (exact) mass is 384 g/mol. The van der Waals surface area contributed by atoms with Gasteiger partial charge in [0, 0.05) is 44.8 Å². The van der Waals surface area contributed by atoms with Gasteiger partial charge in [-0.2, -0.15) is 0 Å². The fraction of sp³-hybridized carbons (Fsp3) is 0.500. The van der Waals surface area contributed by atoms with Gasteiger partial charge in [0.05, 0.1) is 18.8 Å². The molecule has 4 rings (SSSR count). The fourth-order valence-electron chi connectivity index (χ4n) is 4.10. The van der Waals surface area contributed by atoms with Gasteiger partial charge < -0.3 is 19.2 Å². The van der Waals surface area contributed by atoms with Gasteiger partial charge in [-0.15, -0.1) is 0 Å². The lowest BCUT2D eigenvalue weighted by Gasteiger charge is -2.26. The summed E-state index contributed by atoms with van der Waals surface area (Å²) in [5.41, 5.74) is 2.96. The number of ether oxygens (including phenoxy) is 2. The van der Waals surface area contributed by atoms with Gasteiger partial charge >= 0.3 is 0 Å². The summed E-state index contributed by atoms with van der Waals surface area (Å²) in [6.45, 7) is 5.72. The zero-order valence-corrected chi connectivity index (χ0v) is 16.6. The molecule has 3 heterocycles. The predicted molar refractivity (Wildman–Crippen MR) is 106 cm³/mol. The van der Waals surface area contributed by atoms with E-state index >= 15 is 0 Å². The number of amides is 1. The minimum Gasteiger partial charge on any atom is -0.497 e. The van der Waals surface area contributed by atoms with Crippen LogP contribution in [0.2, 0.25) is 0 Å². The SMILES string of the molecule is COc1ccc(CN2CCc3oc(C)c(C(=O)NCC4CCCO4)c3C2)cc1. The quantitative estimate of drug-likeness (QED) is 0.829. The Labute approximate surface area is 165 Å². The van der Waals surface area contributed by atoms with Gasteiger partial charge in [0.1, 0.15) is 17.3 Å². The first kappa shape index (κ1) is 19.0. The minimum atomic E-state index is -0.0516. The molecule has 0 spiro atoms. The average molecular weight is 384 g/mol. The van der Waals surface area contributed by atoms with Gasteiger partial charge in [0.25, 0.3) is 5.91 Å². The standard InChI is InChI=1S/C22H28N2O4/c1-15-21(22(25)23-12-18-4-3-11-27-18)19-14-24(10-9-20(19)28-15)13-16-5-7-17(26-2)8-6-16/h5-8,18H,3-4,9-14H2,1-2H3,(H,23,25). The Morgan fingerprint density at radius 1 is 1.32 bits per heavy atom. The van der Waals surface area contributed by atoms with E-state index in [4.69, 9.17) is 13.9 Å². The number of rotatable bonds is 6. The highest BCUT2D eigenvalue weighted by Crippen LogP contribution is 2.29. The van der Waals surface area contributed by atoms with Crippen LogP contribution >= 0.6 is 0 Å². The maximum atomic E-state index is 12.8. The predicted octanol–water partition coefficient (Wildman–Crippen LogP) is 3.06. The first-order chi connectivity index (χ1) is 13.6. The van der Waals surface area contributed by atoms with Gasteiger partial charge in [-0.25, -0.2) is 0 Å². The molecule has 1 fully saturated rings. The van der Waals surface area contributed by atoms with Crippen LogP contribution in [-0.4, -0.2) is 43.7 Å². The molecule has 0 saturated carbocycles. The van der Waals surface area contributed by atoms with Gasteiger partial charge in [-0.05, 0) is 37.5 Å². The molecule has 1 unspecified atom stereocenters. The molecule has 1 aromatic heterocycles. The summed E-state index contributed by atoms with van der Waals surface area (Å²) in [5, 5.41) is 3.04. The molecular weight excluding hydrogens is 356 g/mol. The van der Waals surface area contributed by atoms with Crippen molar-refractivity contribution in [2.45, 2.75) is 45.4 Å². The summed E-state index contributed by atoms with van der Waals surface area (Å²) in [6, 6.07) is 8.14. The number of aryl methyl sites for hydroxylation is 1. The van der Waals surface area contributed by atoms with Crippen LogP contribution in [0, 0.1) is 6.92 Å². The first-order valence-corrected chi connectivity index (χ1v) is 10.00. The molecule has 1 aromatic carbocycles. The van der Waals surface area contributed by atoms with Crippen molar-refractivity contribution in [1.82, 2.24) is 10.2 Å². The van der Waals surface area contributed by atoms with Crippen LogP contribution in [0.4, 0.5) is 0 Å². The van der Waals surface area contributed by atoms with Crippen molar-refractivity contribution >= 4 is 5.91 Å². The molecule has 0 aliphatic carbocycles. The van der Waals surface area contributed by atoms with E-state index in [9.17, 15) is 4.79 Å². The number of carbonyl (C=O) groups excluding carboxylic acids is 1. The average Bonchev–Trinajstić information content (AvgIpc) is 3.33. The van der Waals surface area contributed by atoms with Crippen molar-refractivity contribution in [3.8, 4) is 5.75 Å². The molecule has 1 saturated heterocycles. The highest BCUT2D eigenvalue weighted by Gasteiger charge is 2.28. The van der Waals surface area contributed by atoms with Gasteiger partial charge in [-0.3, -0.25) is 9.69 Å². The third-order valence-corrected chi connectivity index (χ3v) is 5.61. The molecule has 1 N–H and O–H groups in total. The summed E-state index contributed by atoms with van der Waals surface area (Å²) in [4.78, 5) is 15.2. The Kier molecular flexibility index (Phi) is 5.69. The highest BCUT2D eigenvalue weighted by atomic mass is 16.5. The Morgan fingerprint density at radius 3 is 2.86 bits per heavy atom. The van der Waals surface area contributed by atoms with Crippen molar-refractivity contribution in [2.24, 2.45) is 0 Å². The fourth-order valence-corrected chi connectivity index (χ4v) is 4.10. The van der Waals surface area contributed by atoms with E-state index < -0.39 is 0 Å². The van der Waals surface area contributed by atoms with E-state index in [2.05, 4.69) is 22.3 Å². The number of nitrogens with zero attached hydrogens (tertiary/aromatic N) is 1. The number of methoxy groups -OCH3 is 1. The van der Waals surface area contributed by atoms with Crippen molar-refractivity contribution < 1.29 is 18.7 Å². The summed E-state index contributed by atoms with van der Waals surface area (Å²) in [7, 11) is 1.67. The summed E-state index contributed by atoms with van der Waals surface area (Å²) in [5.74, 6) is 2.47. The van der Waals surface area contributed by atoms with E-state index in [0.717, 1.165) is 62.6 Å². The Bertz CT molecular complexity index is 822. The molecule has 2 aromatic rings. The second-order valence-electron chi connectivity index (χ2n) is 7.59. The number of hydrogen-bond donors (Lipinski definition) is 1. The maximum Gasteiger partial charge on any atom is 0.255 e. The highest BCUT2D eigenvalue weighted by molar-refractivity contribution is 5.97. The van der Waals surface area contributed by atoms with Crippen LogP contribution in [0.3, 0.4) is 0 Å². The third-order valence-electron chi connectivity index (χ3n) is 5.61. The summed E-state index contributed by atoms with van der Waals surface area (Å²) >= 11 is 0. The normalized spacial score (nSPS) is 19.4. The van der Waals surface area contributed by atoms with E-state index in [0.29, 0.717) is 17.9 Å². The zero-order valence-electron chi connectivity index (χ0n) is 16.6. The van der Waals surface area contributed by atoms with E-state index in [-0.39, 0.29) is 12.0 Å². The van der Waals surface area contributed by atoms with Crippen molar-refractivity contribution in [1.29, 1.82) is 0 Å². The third kappa shape index (κ3) is 4.08. The smallest absolute Gasteiger partial charge is 0.255 e. The van der Waals surface area contributed by atoms with Crippen molar-refractivity contribution in [3.63, 3.8) is 0 Å². The van der Waals surface area contributed by atoms with Crippen LogP contribution < -0.4 is 10.1 Å². The van der Waals surface area contributed by atoms with Gasteiger partial charge in [0.2, 0.25) is 0 Å². The van der Waals surface area contributed by atoms with Crippen LogP contribution in [0.1, 0.15) is 45.8 Å². The number of hydrogen-bond acceptors (Lipinski definition) is 5. The molecule has 2 aliphatic heterocycles. The number of benzene rings is 1. The number of nitrogens with one attached hydrogen (secondary N) is 1. The molecule has 28 heavy (non-hydrogen) atoms. The van der Waals surface area contributed by atoms with Gasteiger partial charge in [-0.1, -0.05) is 12.1 Å². The molecule has 1 atom stereocenters. The molecule has 150 valence electrons. The maximum absolute atomic E-state index is 12.8. The number of carbonyl (C=O) groups is 1. The minimum absolute atomic E-state index is 0.0516. The second kappa shape index (κ2) is 8.37. The molecule has 6 nitrogen and oxygen atoms in total. The van der Waals surface area contributed by atoms with Crippen LogP contribution in [0.5, 0.6) is 5.75 Å². The van der Waals surface area contributed by atoms with E-state index in [1.165, 1.54) is 5.56 Å². The lowest BCUT2D eigenvalue weighted by molar-refractivity contribution is 0.0855. The lowest BCUT2D eigenvalue weighted by atomic mass is 10.0. The van der Waals surface area contributed by atoms with Crippen LogP contribution in [0.15, 0.2) is 28.7 Å². The van der Waals surface area contributed by atoms with Crippen LogP contribution in [-0.2, 0) is 24.2 Å². The topological polar surface area (TPSA) is 63.9 Å². The van der Waals surface area contributed by atoms with E-state index in [1.54, 1.807) is 7.11 Å². The largest absolute Gasteiger partial charge is 0.497 e. The Morgan fingerprint density at radius 2 is 2.14 bits per heavy atom. The van der Waals surface area contributed by atoms with Crippen LogP contribution in [0.25, 0.3) is 0 Å². The molecule has 0 bridgehead atoms. The lowest BCUT2D eigenvalue weighted by Crippen LogP contribution is -2.34. The number of furan rings is 1. The summed E-state index contributed by atoms with van der Waals surface area (Å²) in [6.07, 6.45) is 3.05. The first-order valence-electron chi connectivity index (χ1n) is 10.00. The molecular formula is C22H28N2O4. The molecule has 2 aliphatic rings. The Balaban J connectivity index is 1.43. The second-order valence-corrected chi connectivity index (χ2v) is 7.59. The molecule has 1 amide bonds. The molecule has 0 radical (unpaired) electrons.